The molecule has 150 valence electrons. The number of halogens is 3. The molecule has 11 heteroatoms. The Labute approximate surface area is 162 Å². The highest BCUT2D eigenvalue weighted by molar-refractivity contribution is 6.00. The summed E-state index contributed by atoms with van der Waals surface area (Å²) in [4.78, 5) is 22.6. The Morgan fingerprint density at radius 3 is 2.83 bits per heavy atom. The zero-order chi connectivity index (χ0) is 20.4. The minimum Gasteiger partial charge on any atom is -0.469 e. The van der Waals surface area contributed by atoms with E-state index in [9.17, 15) is 18.0 Å². The first-order valence-electron chi connectivity index (χ1n) is 8.86. The van der Waals surface area contributed by atoms with Gasteiger partial charge in [-0.05, 0) is 25.0 Å². The van der Waals surface area contributed by atoms with E-state index in [-0.39, 0.29) is 17.1 Å². The molecular formula is C18H15F3N6O2. The number of hydrogen-bond donors (Lipinski definition) is 1. The summed E-state index contributed by atoms with van der Waals surface area (Å²) in [5, 5.41) is 5.63. The van der Waals surface area contributed by atoms with Crippen LogP contribution in [-0.2, 0) is 5.54 Å². The Morgan fingerprint density at radius 2 is 2.07 bits per heavy atom. The summed E-state index contributed by atoms with van der Waals surface area (Å²) in [6.45, 7) is -1.15. The summed E-state index contributed by atoms with van der Waals surface area (Å²) in [6, 6.07) is -0.763. The predicted octanol–water partition coefficient (Wildman–Crippen LogP) is 2.10. The maximum Gasteiger partial charge on any atom is 0.359 e. The number of aromatic nitrogens is 4. The van der Waals surface area contributed by atoms with Crippen LogP contribution in [0.15, 0.2) is 30.7 Å². The summed E-state index contributed by atoms with van der Waals surface area (Å²) >= 11 is 0. The monoisotopic (exact) mass is 404 g/mol. The number of hydrogen-bond acceptors (Lipinski definition) is 6. The lowest BCUT2D eigenvalue weighted by Crippen LogP contribution is -2.45. The van der Waals surface area contributed by atoms with Crippen LogP contribution in [0.3, 0.4) is 0 Å². The fourth-order valence-corrected chi connectivity index (χ4v) is 3.63. The van der Waals surface area contributed by atoms with E-state index in [4.69, 9.17) is 4.74 Å². The van der Waals surface area contributed by atoms with Crippen molar-refractivity contribution in [1.82, 2.24) is 24.9 Å². The first kappa shape index (κ1) is 17.7. The standard InChI is InChI=1S/C18H15F3N6O2/c1-26-13-2-5-27-14(24-13)11(8-23-27)15(28)25-18(20,21)9-29-16-12(17(26)3-4-17)6-10(19)7-22-16/h2,5-8H,3-4,9H2,1H3,(H,25,28). The van der Waals surface area contributed by atoms with E-state index in [1.807, 2.05) is 4.90 Å². The Kier molecular flexibility index (Phi) is 3.55. The second-order valence-electron chi connectivity index (χ2n) is 7.16. The van der Waals surface area contributed by atoms with Gasteiger partial charge < -0.3 is 9.64 Å². The van der Waals surface area contributed by atoms with Gasteiger partial charge in [0.25, 0.3) is 5.91 Å². The van der Waals surface area contributed by atoms with Crippen LogP contribution in [0.1, 0.15) is 28.8 Å². The molecule has 0 radical (unpaired) electrons. The predicted molar refractivity (Wildman–Crippen MR) is 94.4 cm³/mol. The Morgan fingerprint density at radius 1 is 1.28 bits per heavy atom. The molecule has 0 atom stereocenters. The third-order valence-corrected chi connectivity index (χ3v) is 5.31. The van der Waals surface area contributed by atoms with E-state index in [1.54, 1.807) is 24.6 Å². The highest BCUT2D eigenvalue weighted by Gasteiger charge is 2.51. The molecule has 1 fully saturated rings. The van der Waals surface area contributed by atoms with Gasteiger partial charge in [-0.2, -0.15) is 13.9 Å². The smallest absolute Gasteiger partial charge is 0.359 e. The number of rotatable bonds is 0. The van der Waals surface area contributed by atoms with Crippen molar-refractivity contribution in [3.8, 4) is 5.88 Å². The SMILES string of the molecule is CN1c2ccn3ncc(c3n2)C(=O)NC(F)(F)COc2ncc(F)cc2C12CC2. The highest BCUT2D eigenvalue weighted by atomic mass is 19.3. The van der Waals surface area contributed by atoms with Gasteiger partial charge in [-0.25, -0.2) is 18.9 Å². The molecule has 3 aromatic rings. The molecule has 0 aromatic carbocycles. The molecule has 2 bridgehead atoms. The van der Waals surface area contributed by atoms with Crippen molar-refractivity contribution in [1.29, 1.82) is 0 Å². The van der Waals surface area contributed by atoms with Crippen molar-refractivity contribution in [2.45, 2.75) is 24.4 Å². The molecule has 2 aliphatic rings. The van der Waals surface area contributed by atoms with Gasteiger partial charge in [0.05, 0.1) is 17.9 Å². The van der Waals surface area contributed by atoms with Gasteiger partial charge >= 0.3 is 6.05 Å². The number of alkyl halides is 2. The number of amides is 1. The van der Waals surface area contributed by atoms with Crippen molar-refractivity contribution in [2.75, 3.05) is 18.6 Å². The molecule has 5 rings (SSSR count). The molecule has 1 amide bonds. The van der Waals surface area contributed by atoms with Crippen LogP contribution in [0.2, 0.25) is 0 Å². The number of carbonyl (C=O) groups excluding carboxylic acids is 1. The summed E-state index contributed by atoms with van der Waals surface area (Å²) in [5.74, 6) is -1.26. The fourth-order valence-electron chi connectivity index (χ4n) is 3.63. The van der Waals surface area contributed by atoms with Gasteiger partial charge in [0.15, 0.2) is 12.3 Å². The van der Waals surface area contributed by atoms with E-state index >= 15 is 0 Å². The number of nitrogens with zero attached hydrogens (tertiary/aromatic N) is 5. The first-order valence-corrected chi connectivity index (χ1v) is 8.86. The molecule has 1 spiro atoms. The number of carbonyl (C=O) groups is 1. The summed E-state index contributed by atoms with van der Waals surface area (Å²) < 4.78 is 49.2. The molecule has 8 nitrogen and oxygen atoms in total. The molecule has 1 N–H and O–H groups in total. The van der Waals surface area contributed by atoms with Crippen LogP contribution in [0.25, 0.3) is 5.65 Å². The zero-order valence-corrected chi connectivity index (χ0v) is 15.2. The summed E-state index contributed by atoms with van der Waals surface area (Å²) in [7, 11) is 1.77. The molecular weight excluding hydrogens is 389 g/mol. The van der Waals surface area contributed by atoms with E-state index in [0.29, 0.717) is 24.2 Å². The molecule has 0 unspecified atom stereocenters. The van der Waals surface area contributed by atoms with Crippen LogP contribution in [-0.4, -0.2) is 45.2 Å². The van der Waals surface area contributed by atoms with Gasteiger partial charge in [-0.1, -0.05) is 0 Å². The minimum atomic E-state index is -3.69. The maximum absolute atomic E-state index is 14.3. The first-order chi connectivity index (χ1) is 13.8. The number of nitrogens with one attached hydrogen (secondary N) is 1. The van der Waals surface area contributed by atoms with Crippen LogP contribution >= 0.6 is 0 Å². The summed E-state index contributed by atoms with van der Waals surface area (Å²) in [6.07, 6.45) is 4.94. The summed E-state index contributed by atoms with van der Waals surface area (Å²) in [5.41, 5.74) is -0.296. The number of anilines is 1. The average molecular weight is 404 g/mol. The second-order valence-corrected chi connectivity index (χ2v) is 7.16. The Balaban J connectivity index is 1.72. The van der Waals surface area contributed by atoms with Crippen LogP contribution < -0.4 is 15.0 Å². The maximum atomic E-state index is 14.3. The molecule has 1 aliphatic heterocycles. The van der Waals surface area contributed by atoms with Gasteiger partial charge in [0.2, 0.25) is 5.88 Å². The zero-order valence-electron chi connectivity index (χ0n) is 15.2. The number of ether oxygens (including phenoxy) is 1. The van der Waals surface area contributed by atoms with Crippen molar-refractivity contribution in [3.05, 3.63) is 47.7 Å². The van der Waals surface area contributed by atoms with Crippen LogP contribution in [0.4, 0.5) is 19.0 Å². The second kappa shape index (κ2) is 5.82. The Bertz CT molecular complexity index is 1140. The molecule has 1 saturated carbocycles. The van der Waals surface area contributed by atoms with Gasteiger partial charge in [-0.3, -0.25) is 10.1 Å². The normalized spacial score (nSPS) is 19.7. The highest BCUT2D eigenvalue weighted by Crippen LogP contribution is 2.54. The van der Waals surface area contributed by atoms with Crippen molar-refractivity contribution in [3.63, 3.8) is 0 Å². The topological polar surface area (TPSA) is 84.7 Å². The van der Waals surface area contributed by atoms with Crippen molar-refractivity contribution >= 4 is 17.4 Å². The molecule has 0 saturated heterocycles. The molecule has 29 heavy (non-hydrogen) atoms. The van der Waals surface area contributed by atoms with Crippen molar-refractivity contribution < 1.29 is 22.7 Å². The minimum absolute atomic E-state index is 0.0919. The third-order valence-electron chi connectivity index (χ3n) is 5.31. The van der Waals surface area contributed by atoms with E-state index < -0.39 is 29.9 Å². The number of fused-ring (bicyclic) bond motifs is 3. The lowest BCUT2D eigenvalue weighted by molar-refractivity contribution is -0.0636. The molecule has 4 heterocycles. The lowest BCUT2D eigenvalue weighted by atomic mass is 10.0. The third kappa shape index (κ3) is 2.76. The fraction of sp³-hybridized carbons (Fsp3) is 0.333. The largest absolute Gasteiger partial charge is 0.469 e. The Hall–Kier alpha value is -3.37. The van der Waals surface area contributed by atoms with E-state index in [1.165, 1.54) is 16.8 Å². The van der Waals surface area contributed by atoms with Crippen molar-refractivity contribution in [2.24, 2.45) is 0 Å². The van der Waals surface area contributed by atoms with Gasteiger partial charge in [0, 0.05) is 18.8 Å². The van der Waals surface area contributed by atoms with Crippen LogP contribution in [0, 0.1) is 5.82 Å². The molecule has 3 aromatic heterocycles. The lowest BCUT2D eigenvalue weighted by Gasteiger charge is -2.30. The van der Waals surface area contributed by atoms with E-state index in [0.717, 1.165) is 6.20 Å². The van der Waals surface area contributed by atoms with Gasteiger partial charge in [0.1, 0.15) is 17.2 Å². The average Bonchev–Trinajstić information content (AvgIpc) is 3.38. The van der Waals surface area contributed by atoms with E-state index in [2.05, 4.69) is 15.1 Å². The number of pyridine rings is 1. The van der Waals surface area contributed by atoms with Crippen LogP contribution in [0.5, 0.6) is 5.88 Å². The molecule has 1 aliphatic carbocycles. The van der Waals surface area contributed by atoms with Gasteiger partial charge in [-0.15, -0.1) is 0 Å². The quantitative estimate of drug-likeness (QED) is 0.578.